The molecule has 1 aromatic carbocycles. The number of aryl methyl sites for hydroxylation is 1. The van der Waals surface area contributed by atoms with Crippen LogP contribution in [0.1, 0.15) is 46.1 Å². The number of rotatable bonds is 7. The molecule has 0 N–H and O–H groups in total. The zero-order valence-corrected chi connectivity index (χ0v) is 13.1. The lowest BCUT2D eigenvalue weighted by molar-refractivity contribution is 0.320. The molecule has 0 spiro atoms. The summed E-state index contributed by atoms with van der Waals surface area (Å²) in [4.78, 5) is 0. The van der Waals surface area contributed by atoms with E-state index in [2.05, 4.69) is 45.9 Å². The van der Waals surface area contributed by atoms with Crippen molar-refractivity contribution in [2.45, 2.75) is 58.7 Å². The molecule has 1 fully saturated rings. The van der Waals surface area contributed by atoms with Crippen molar-refractivity contribution >= 4 is 0 Å². The summed E-state index contributed by atoms with van der Waals surface area (Å²) >= 11 is 0. The molecule has 0 radical (unpaired) electrons. The van der Waals surface area contributed by atoms with Crippen molar-refractivity contribution in [1.29, 1.82) is 0 Å². The van der Waals surface area contributed by atoms with Crippen LogP contribution >= 0.6 is 0 Å². The average Bonchev–Trinajstić information content (AvgIpc) is 3.05. The van der Waals surface area contributed by atoms with Crippen LogP contribution in [-0.4, -0.2) is 18.3 Å². The minimum absolute atomic E-state index is 0.109. The van der Waals surface area contributed by atoms with Gasteiger partial charge in [0.25, 0.3) is 0 Å². The molecule has 1 heterocycles. The molecule has 0 saturated carbocycles. The van der Waals surface area contributed by atoms with Gasteiger partial charge in [-0.25, -0.2) is 0 Å². The maximum atomic E-state index is 5.73. The Morgan fingerprint density at radius 2 is 1.95 bits per heavy atom. The maximum absolute atomic E-state index is 5.73. The zero-order valence-electron chi connectivity index (χ0n) is 13.1. The Bertz CT molecular complexity index is 457. The van der Waals surface area contributed by atoms with Crippen LogP contribution in [0, 0.1) is 0 Å². The molecule has 1 aliphatic rings. The first kappa shape index (κ1) is 15.1. The molecule has 20 heavy (non-hydrogen) atoms. The lowest BCUT2D eigenvalue weighted by Gasteiger charge is -2.05. The normalized spacial score (nSPS) is 20.8. The van der Waals surface area contributed by atoms with E-state index >= 15 is 0 Å². The van der Waals surface area contributed by atoms with Crippen LogP contribution in [0.2, 0.25) is 0 Å². The second kappa shape index (κ2) is 6.45. The van der Waals surface area contributed by atoms with Crippen molar-refractivity contribution in [3.63, 3.8) is 0 Å². The van der Waals surface area contributed by atoms with E-state index in [1.807, 2.05) is 12.1 Å². The topological polar surface area (TPSA) is 21.8 Å². The summed E-state index contributed by atoms with van der Waals surface area (Å²) in [6.07, 6.45) is 5.88. The van der Waals surface area contributed by atoms with Gasteiger partial charge in [-0.05, 0) is 63.8 Å². The third-order valence-electron chi connectivity index (χ3n) is 3.98. The largest absolute Gasteiger partial charge is 0.490 e. The second-order valence-electron chi connectivity index (χ2n) is 6.11. The van der Waals surface area contributed by atoms with E-state index in [1.165, 1.54) is 11.1 Å². The molecule has 2 nitrogen and oxygen atoms in total. The third kappa shape index (κ3) is 4.38. The quantitative estimate of drug-likeness (QED) is 0.538. The average molecular weight is 274 g/mol. The molecule has 0 amide bonds. The van der Waals surface area contributed by atoms with E-state index in [1.54, 1.807) is 0 Å². The van der Waals surface area contributed by atoms with Crippen LogP contribution in [0.25, 0.3) is 0 Å². The summed E-state index contributed by atoms with van der Waals surface area (Å²) in [5.74, 6) is 0.943. The summed E-state index contributed by atoms with van der Waals surface area (Å²) in [5, 5.41) is 0. The van der Waals surface area contributed by atoms with Crippen molar-refractivity contribution in [3.05, 3.63) is 41.5 Å². The molecule has 2 rings (SSSR count). The van der Waals surface area contributed by atoms with Gasteiger partial charge in [0, 0.05) is 0 Å². The first-order valence-electron chi connectivity index (χ1n) is 7.56. The lowest BCUT2D eigenvalue weighted by Crippen LogP contribution is -2.03. The fraction of sp³-hybridized carbons (Fsp3) is 0.556. The number of allylic oxidation sites excluding steroid dienone is 1. The van der Waals surface area contributed by atoms with Crippen LogP contribution in [-0.2, 0) is 11.2 Å². The molecule has 110 valence electrons. The highest BCUT2D eigenvalue weighted by Gasteiger charge is 2.46. The van der Waals surface area contributed by atoms with Crippen molar-refractivity contribution in [3.8, 4) is 5.75 Å². The Labute approximate surface area is 122 Å². The first-order chi connectivity index (χ1) is 9.51. The van der Waals surface area contributed by atoms with E-state index in [9.17, 15) is 0 Å². The molecule has 0 bridgehead atoms. The van der Waals surface area contributed by atoms with Gasteiger partial charge in [0.05, 0.1) is 11.7 Å². The molecule has 1 atom stereocenters. The summed E-state index contributed by atoms with van der Waals surface area (Å²) in [6, 6.07) is 8.34. The molecular formula is C18H26O2. The van der Waals surface area contributed by atoms with E-state index in [0.717, 1.165) is 25.0 Å². The van der Waals surface area contributed by atoms with Crippen molar-refractivity contribution < 1.29 is 9.47 Å². The molecule has 1 unspecified atom stereocenters. The zero-order chi connectivity index (χ0) is 14.6. The molecule has 1 aromatic rings. The number of hydrogen-bond donors (Lipinski definition) is 0. The maximum Gasteiger partial charge on any atom is 0.119 e. The number of hydrogen-bond acceptors (Lipinski definition) is 2. The van der Waals surface area contributed by atoms with Gasteiger partial charge in [-0.1, -0.05) is 24.6 Å². The fourth-order valence-corrected chi connectivity index (χ4v) is 2.30. The highest BCUT2D eigenvalue weighted by atomic mass is 16.6. The Kier molecular flexibility index (Phi) is 4.87. The second-order valence-corrected chi connectivity index (χ2v) is 6.11. The molecule has 1 aliphatic heterocycles. The van der Waals surface area contributed by atoms with E-state index in [4.69, 9.17) is 9.47 Å². The van der Waals surface area contributed by atoms with E-state index in [0.29, 0.717) is 12.7 Å². The minimum Gasteiger partial charge on any atom is -0.490 e. The SMILES string of the molecule is CCc1ccc(OCC=C(C)CCC2OC2(C)C)cc1. The minimum atomic E-state index is 0.109. The Morgan fingerprint density at radius 3 is 2.50 bits per heavy atom. The van der Waals surface area contributed by atoms with Gasteiger partial charge in [0.1, 0.15) is 12.4 Å². The van der Waals surface area contributed by atoms with Crippen molar-refractivity contribution in [2.24, 2.45) is 0 Å². The van der Waals surface area contributed by atoms with E-state index < -0.39 is 0 Å². The van der Waals surface area contributed by atoms with Crippen LogP contribution in [0.15, 0.2) is 35.9 Å². The predicted molar refractivity (Wildman–Crippen MR) is 83.3 cm³/mol. The molecule has 1 saturated heterocycles. The molecule has 0 aliphatic carbocycles. The third-order valence-corrected chi connectivity index (χ3v) is 3.98. The Morgan fingerprint density at radius 1 is 1.30 bits per heavy atom. The van der Waals surface area contributed by atoms with Crippen molar-refractivity contribution in [2.75, 3.05) is 6.61 Å². The number of epoxide rings is 1. The van der Waals surface area contributed by atoms with E-state index in [-0.39, 0.29) is 5.60 Å². The van der Waals surface area contributed by atoms with Crippen LogP contribution in [0.4, 0.5) is 0 Å². The van der Waals surface area contributed by atoms with Gasteiger partial charge in [0.15, 0.2) is 0 Å². The first-order valence-corrected chi connectivity index (χ1v) is 7.56. The molecular weight excluding hydrogens is 248 g/mol. The molecule has 2 heteroatoms. The highest BCUT2D eigenvalue weighted by Crippen LogP contribution is 2.38. The predicted octanol–water partition coefficient (Wildman–Crippen LogP) is 4.53. The van der Waals surface area contributed by atoms with Gasteiger partial charge < -0.3 is 9.47 Å². The standard InChI is InChI=1S/C18H26O2/c1-5-15-7-9-16(10-8-15)19-13-12-14(2)6-11-17-18(3,4)20-17/h7-10,12,17H,5-6,11,13H2,1-4H3. The lowest BCUT2D eigenvalue weighted by atomic mass is 10.0. The van der Waals surface area contributed by atoms with Crippen molar-refractivity contribution in [1.82, 2.24) is 0 Å². The van der Waals surface area contributed by atoms with Crippen LogP contribution in [0.3, 0.4) is 0 Å². The number of benzene rings is 1. The van der Waals surface area contributed by atoms with Crippen LogP contribution < -0.4 is 4.74 Å². The molecule has 0 aromatic heterocycles. The summed E-state index contributed by atoms with van der Waals surface area (Å²) < 4.78 is 11.3. The summed E-state index contributed by atoms with van der Waals surface area (Å²) in [5.41, 5.74) is 2.83. The highest BCUT2D eigenvalue weighted by molar-refractivity contribution is 5.27. The monoisotopic (exact) mass is 274 g/mol. The van der Waals surface area contributed by atoms with Gasteiger partial charge in [-0.3, -0.25) is 0 Å². The number of ether oxygens (including phenoxy) is 2. The smallest absolute Gasteiger partial charge is 0.119 e. The van der Waals surface area contributed by atoms with Gasteiger partial charge in [-0.15, -0.1) is 0 Å². The fourth-order valence-electron chi connectivity index (χ4n) is 2.30. The van der Waals surface area contributed by atoms with Crippen LogP contribution in [0.5, 0.6) is 5.75 Å². The Hall–Kier alpha value is -1.28. The Balaban J connectivity index is 1.69. The van der Waals surface area contributed by atoms with Gasteiger partial charge >= 0.3 is 0 Å². The van der Waals surface area contributed by atoms with Gasteiger partial charge in [0.2, 0.25) is 0 Å². The summed E-state index contributed by atoms with van der Waals surface area (Å²) in [6.45, 7) is 9.28. The summed E-state index contributed by atoms with van der Waals surface area (Å²) in [7, 11) is 0. The van der Waals surface area contributed by atoms with Gasteiger partial charge in [-0.2, -0.15) is 0 Å².